The summed E-state index contributed by atoms with van der Waals surface area (Å²) in [5.74, 6) is 0.914. The molecule has 0 aliphatic heterocycles. The van der Waals surface area contributed by atoms with Crippen LogP contribution in [0.15, 0.2) is 22.9 Å². The van der Waals surface area contributed by atoms with Crippen LogP contribution in [0.2, 0.25) is 0 Å². The predicted molar refractivity (Wildman–Crippen MR) is 62.2 cm³/mol. The van der Waals surface area contributed by atoms with E-state index in [1.54, 1.807) is 18.3 Å². The summed E-state index contributed by atoms with van der Waals surface area (Å²) < 4.78 is 10.0. The lowest BCUT2D eigenvalue weighted by molar-refractivity contribution is -0.496. The minimum Gasteiger partial charge on any atom is -0.481 e. The second-order valence-corrected chi connectivity index (χ2v) is 4.24. The van der Waals surface area contributed by atoms with Gasteiger partial charge in [-0.1, -0.05) is 5.16 Å². The van der Waals surface area contributed by atoms with Gasteiger partial charge >= 0.3 is 0 Å². The Morgan fingerprint density at radius 1 is 1.53 bits per heavy atom. The Hall–Kier alpha value is -2.51. The summed E-state index contributed by atoms with van der Waals surface area (Å²) in [5, 5.41) is 14.4. The molecule has 8 nitrogen and oxygen atoms in total. The Bertz CT molecular complexity index is 609. The fraction of sp³-hybridized carbons (Fsp3) is 0.364. The molecule has 0 amide bonds. The van der Waals surface area contributed by atoms with Crippen molar-refractivity contribution in [1.82, 2.24) is 15.1 Å². The highest BCUT2D eigenvalue weighted by Crippen LogP contribution is 2.42. The molecule has 1 saturated carbocycles. The van der Waals surface area contributed by atoms with Crippen LogP contribution in [-0.4, -0.2) is 33.2 Å². The molecule has 0 unspecified atom stereocenters. The fourth-order valence-electron chi connectivity index (χ4n) is 1.82. The van der Waals surface area contributed by atoms with Gasteiger partial charge in [0.15, 0.2) is 0 Å². The van der Waals surface area contributed by atoms with Crippen LogP contribution in [0.1, 0.15) is 18.2 Å². The average molecular weight is 262 g/mol. The Labute approximate surface area is 107 Å². The first-order valence-corrected chi connectivity index (χ1v) is 5.66. The van der Waals surface area contributed by atoms with Gasteiger partial charge in [-0.2, -0.15) is 4.98 Å². The largest absolute Gasteiger partial charge is 0.481 e. The van der Waals surface area contributed by atoms with Crippen molar-refractivity contribution in [2.75, 3.05) is 7.11 Å². The number of hydrogen-bond donors (Lipinski definition) is 0. The molecule has 0 radical (unpaired) electrons. The van der Waals surface area contributed by atoms with E-state index in [0.29, 0.717) is 29.6 Å². The Balaban J connectivity index is 1.79. The first kappa shape index (κ1) is 11.6. The second-order valence-electron chi connectivity index (χ2n) is 4.24. The third-order valence-electron chi connectivity index (χ3n) is 2.99. The number of rotatable bonds is 4. The van der Waals surface area contributed by atoms with Gasteiger partial charge < -0.3 is 9.26 Å². The smallest absolute Gasteiger partial charge is 0.237 e. The van der Waals surface area contributed by atoms with Crippen molar-refractivity contribution < 1.29 is 14.2 Å². The first-order chi connectivity index (χ1) is 9.19. The Morgan fingerprint density at radius 2 is 2.37 bits per heavy atom. The van der Waals surface area contributed by atoms with Gasteiger partial charge in [0, 0.05) is 29.2 Å². The lowest BCUT2D eigenvalue weighted by atomic mass is 10.3. The summed E-state index contributed by atoms with van der Waals surface area (Å²) in [5.41, 5.74) is 0.675. The maximum absolute atomic E-state index is 10.6. The standard InChI is InChI=1S/C11H10N4O4/c1-18-9-3-2-6(5-12-9)10-13-11(19-14-10)7-4-8(7)15(16)17/h2-3,5,7-8H,4H2,1H3/t7-,8+/m0/s1. The van der Waals surface area contributed by atoms with Gasteiger partial charge in [-0.3, -0.25) is 10.1 Å². The highest BCUT2D eigenvalue weighted by Gasteiger charge is 2.53. The van der Waals surface area contributed by atoms with Gasteiger partial charge in [-0.05, 0) is 6.07 Å². The second kappa shape index (κ2) is 4.30. The summed E-state index contributed by atoms with van der Waals surface area (Å²) in [6.45, 7) is 0. The highest BCUT2D eigenvalue weighted by atomic mass is 16.6. The predicted octanol–water partition coefficient (Wildman–Crippen LogP) is 1.27. The molecule has 1 aliphatic carbocycles. The monoisotopic (exact) mass is 262 g/mol. The highest BCUT2D eigenvalue weighted by molar-refractivity contribution is 5.53. The maximum atomic E-state index is 10.6. The zero-order chi connectivity index (χ0) is 13.4. The third kappa shape index (κ3) is 2.12. The van der Waals surface area contributed by atoms with Crippen LogP contribution >= 0.6 is 0 Å². The number of nitro groups is 1. The molecule has 3 rings (SSSR count). The first-order valence-electron chi connectivity index (χ1n) is 5.66. The van der Waals surface area contributed by atoms with E-state index in [1.807, 2.05) is 0 Å². The quantitative estimate of drug-likeness (QED) is 0.603. The molecule has 98 valence electrons. The van der Waals surface area contributed by atoms with Crippen molar-refractivity contribution >= 4 is 0 Å². The number of hydrogen-bond acceptors (Lipinski definition) is 7. The molecule has 19 heavy (non-hydrogen) atoms. The van der Waals surface area contributed by atoms with Crippen molar-refractivity contribution in [2.45, 2.75) is 18.4 Å². The van der Waals surface area contributed by atoms with E-state index in [0.717, 1.165) is 0 Å². The van der Waals surface area contributed by atoms with Crippen LogP contribution in [0.3, 0.4) is 0 Å². The molecule has 0 bridgehead atoms. The van der Waals surface area contributed by atoms with Crippen molar-refractivity contribution in [3.8, 4) is 17.3 Å². The van der Waals surface area contributed by atoms with E-state index in [-0.39, 0.29) is 10.8 Å². The van der Waals surface area contributed by atoms with E-state index < -0.39 is 6.04 Å². The van der Waals surface area contributed by atoms with E-state index >= 15 is 0 Å². The number of methoxy groups -OCH3 is 1. The molecule has 8 heteroatoms. The molecular formula is C11H10N4O4. The number of aromatic nitrogens is 3. The van der Waals surface area contributed by atoms with Crippen molar-refractivity contribution in [3.63, 3.8) is 0 Å². The van der Waals surface area contributed by atoms with Crippen LogP contribution in [0.5, 0.6) is 5.88 Å². The third-order valence-corrected chi connectivity index (χ3v) is 2.99. The molecule has 1 aliphatic rings. The summed E-state index contributed by atoms with van der Waals surface area (Å²) in [6.07, 6.45) is 2.01. The Kier molecular flexibility index (Phi) is 2.62. The van der Waals surface area contributed by atoms with Crippen LogP contribution in [-0.2, 0) is 0 Å². The molecule has 2 aromatic rings. The maximum Gasteiger partial charge on any atom is 0.237 e. The molecular weight excluding hydrogens is 252 g/mol. The zero-order valence-electron chi connectivity index (χ0n) is 10.0. The number of nitrogens with zero attached hydrogens (tertiary/aromatic N) is 4. The van der Waals surface area contributed by atoms with Crippen LogP contribution in [0.4, 0.5) is 0 Å². The lowest BCUT2D eigenvalue weighted by Crippen LogP contribution is -2.02. The summed E-state index contributed by atoms with van der Waals surface area (Å²) in [4.78, 5) is 18.5. The Morgan fingerprint density at radius 3 is 2.95 bits per heavy atom. The molecule has 0 N–H and O–H groups in total. The van der Waals surface area contributed by atoms with Crippen molar-refractivity contribution in [1.29, 1.82) is 0 Å². The molecule has 0 aromatic carbocycles. The normalized spacial score (nSPS) is 21.1. The minimum atomic E-state index is -0.595. The zero-order valence-corrected chi connectivity index (χ0v) is 10.0. The lowest BCUT2D eigenvalue weighted by Gasteiger charge is -1.97. The van der Waals surface area contributed by atoms with Crippen LogP contribution < -0.4 is 4.74 Å². The minimum absolute atomic E-state index is 0.262. The van der Waals surface area contributed by atoms with Gasteiger partial charge in [-0.15, -0.1) is 0 Å². The average Bonchev–Trinajstić information content (AvgIpc) is 3.09. The van der Waals surface area contributed by atoms with Crippen molar-refractivity contribution in [3.05, 3.63) is 34.3 Å². The fourth-order valence-corrected chi connectivity index (χ4v) is 1.82. The van der Waals surface area contributed by atoms with Gasteiger partial charge in [0.2, 0.25) is 23.6 Å². The van der Waals surface area contributed by atoms with Gasteiger partial charge in [0.05, 0.1) is 7.11 Å². The van der Waals surface area contributed by atoms with Gasteiger partial charge in [-0.25, -0.2) is 4.98 Å². The molecule has 2 aromatic heterocycles. The van der Waals surface area contributed by atoms with E-state index in [4.69, 9.17) is 9.26 Å². The number of ether oxygens (including phenoxy) is 1. The molecule has 0 saturated heterocycles. The topological polar surface area (TPSA) is 104 Å². The van der Waals surface area contributed by atoms with Gasteiger partial charge in [0.1, 0.15) is 5.92 Å². The van der Waals surface area contributed by atoms with Crippen molar-refractivity contribution in [2.24, 2.45) is 0 Å². The van der Waals surface area contributed by atoms with Gasteiger partial charge in [0.25, 0.3) is 0 Å². The number of pyridine rings is 1. The van der Waals surface area contributed by atoms with E-state index in [1.165, 1.54) is 7.11 Å². The summed E-state index contributed by atoms with van der Waals surface area (Å²) >= 11 is 0. The summed E-state index contributed by atoms with van der Waals surface area (Å²) in [7, 11) is 1.53. The van der Waals surface area contributed by atoms with Crippen LogP contribution in [0.25, 0.3) is 11.4 Å². The molecule has 2 atom stereocenters. The molecule has 2 heterocycles. The SMILES string of the molecule is COc1ccc(-c2noc([C@H]3C[C@H]3[N+](=O)[O-])n2)cn1. The van der Waals surface area contributed by atoms with E-state index in [9.17, 15) is 10.1 Å². The van der Waals surface area contributed by atoms with Crippen LogP contribution in [0, 0.1) is 10.1 Å². The molecule has 1 fully saturated rings. The van der Waals surface area contributed by atoms with E-state index in [2.05, 4.69) is 15.1 Å². The molecule has 0 spiro atoms. The summed E-state index contributed by atoms with van der Waals surface area (Å²) in [6, 6.07) is 2.84.